The van der Waals surface area contributed by atoms with Crippen LogP contribution < -0.4 is 11.1 Å². The van der Waals surface area contributed by atoms with Gasteiger partial charge in [-0.2, -0.15) is 4.98 Å². The number of hydrogen-bond acceptors (Lipinski definition) is 5. The van der Waals surface area contributed by atoms with Crippen LogP contribution in [0.25, 0.3) is 11.3 Å². The molecular weight excluding hydrogens is 370 g/mol. The molecule has 0 radical (unpaired) electrons. The lowest BCUT2D eigenvalue weighted by Gasteiger charge is -2.11. The predicted octanol–water partition coefficient (Wildman–Crippen LogP) is 5.13. The van der Waals surface area contributed by atoms with E-state index in [9.17, 15) is 0 Å². The van der Waals surface area contributed by atoms with Crippen LogP contribution in [0.4, 0.5) is 17.5 Å². The number of hydrogen-bond donors (Lipinski definition) is 2. The average Bonchev–Trinajstić information content (AvgIpc) is 3.05. The van der Waals surface area contributed by atoms with E-state index in [1.807, 2.05) is 30.3 Å². The summed E-state index contributed by atoms with van der Waals surface area (Å²) in [6.45, 7) is 4.91. The second kappa shape index (κ2) is 7.60. The fraction of sp³-hybridized carbons (Fsp3) is 0.227. The highest BCUT2D eigenvalue weighted by Crippen LogP contribution is 2.30. The van der Waals surface area contributed by atoms with Crippen molar-refractivity contribution < 1.29 is 0 Å². The Kier molecular flexibility index (Phi) is 5.01. The number of aromatic nitrogens is 2. The van der Waals surface area contributed by atoms with Crippen LogP contribution in [0.3, 0.4) is 0 Å². The van der Waals surface area contributed by atoms with Gasteiger partial charge in [-0.05, 0) is 42.7 Å². The maximum atomic E-state index is 6.05. The maximum Gasteiger partial charge on any atom is 0.222 e. The van der Waals surface area contributed by atoms with Crippen molar-refractivity contribution in [1.82, 2.24) is 9.97 Å². The van der Waals surface area contributed by atoms with Crippen LogP contribution in [0, 0.1) is 13.8 Å². The molecule has 2 aromatic carbocycles. The number of nitrogens with zero attached hydrogens (tertiary/aromatic N) is 3. The summed E-state index contributed by atoms with van der Waals surface area (Å²) in [5, 5.41) is 4.08. The first-order valence-corrected chi connectivity index (χ1v) is 9.67. The van der Waals surface area contributed by atoms with E-state index in [-0.39, 0.29) is 5.95 Å². The molecule has 28 heavy (non-hydrogen) atoms. The van der Waals surface area contributed by atoms with Crippen molar-refractivity contribution in [2.75, 3.05) is 17.6 Å². The van der Waals surface area contributed by atoms with E-state index < -0.39 is 0 Å². The highest BCUT2D eigenvalue weighted by Gasteiger charge is 2.15. The van der Waals surface area contributed by atoms with E-state index in [0.717, 1.165) is 52.9 Å². The maximum absolute atomic E-state index is 6.05. The molecule has 1 aliphatic heterocycles. The Balaban J connectivity index is 1.45. The number of nitrogens with two attached hydrogens (primary N) is 1. The number of anilines is 2. The smallest absolute Gasteiger partial charge is 0.222 e. The van der Waals surface area contributed by atoms with Crippen molar-refractivity contribution >= 4 is 34.8 Å². The highest BCUT2D eigenvalue weighted by molar-refractivity contribution is 6.31. The largest absolute Gasteiger partial charge is 0.370 e. The topological polar surface area (TPSA) is 76.2 Å². The fourth-order valence-electron chi connectivity index (χ4n) is 3.42. The van der Waals surface area contributed by atoms with Crippen molar-refractivity contribution in [1.29, 1.82) is 0 Å². The van der Waals surface area contributed by atoms with Crippen LogP contribution in [0.5, 0.6) is 0 Å². The van der Waals surface area contributed by atoms with E-state index in [1.165, 1.54) is 16.7 Å². The first-order chi connectivity index (χ1) is 13.5. The van der Waals surface area contributed by atoms with Gasteiger partial charge >= 0.3 is 0 Å². The summed E-state index contributed by atoms with van der Waals surface area (Å²) in [7, 11) is 0. The van der Waals surface area contributed by atoms with Crippen molar-refractivity contribution in [2.24, 2.45) is 4.99 Å². The Bertz CT molecular complexity index is 1070. The van der Waals surface area contributed by atoms with Gasteiger partial charge in [0.15, 0.2) is 0 Å². The lowest BCUT2D eigenvalue weighted by atomic mass is 10.0. The lowest BCUT2D eigenvalue weighted by Crippen LogP contribution is -2.11. The van der Waals surface area contributed by atoms with Crippen molar-refractivity contribution in [3.8, 4) is 11.3 Å². The van der Waals surface area contributed by atoms with Crippen molar-refractivity contribution in [3.63, 3.8) is 0 Å². The van der Waals surface area contributed by atoms with Gasteiger partial charge in [0, 0.05) is 41.8 Å². The van der Waals surface area contributed by atoms with Crippen molar-refractivity contribution in [2.45, 2.75) is 26.7 Å². The second-order valence-electron chi connectivity index (χ2n) is 7.05. The summed E-state index contributed by atoms with van der Waals surface area (Å²) in [6.07, 6.45) is 1.70. The normalized spacial score (nSPS) is 12.6. The molecule has 0 bridgehead atoms. The minimum absolute atomic E-state index is 0.265. The summed E-state index contributed by atoms with van der Waals surface area (Å²) in [4.78, 5) is 13.4. The first kappa shape index (κ1) is 18.4. The van der Waals surface area contributed by atoms with E-state index in [2.05, 4.69) is 46.3 Å². The Labute approximate surface area is 169 Å². The van der Waals surface area contributed by atoms with Crippen LogP contribution >= 0.6 is 11.6 Å². The van der Waals surface area contributed by atoms with Gasteiger partial charge < -0.3 is 11.1 Å². The van der Waals surface area contributed by atoms with Crippen LogP contribution in [0.1, 0.15) is 23.1 Å². The molecule has 0 saturated carbocycles. The SMILES string of the molecule is Cc1cccc(-c2cc(NCCC3=Nc4cc(Cl)ccc4C3)nc(N)n2)c1C. The monoisotopic (exact) mass is 391 g/mol. The average molecular weight is 392 g/mol. The summed E-state index contributed by atoms with van der Waals surface area (Å²) in [6, 6.07) is 14.0. The fourth-order valence-corrected chi connectivity index (χ4v) is 3.59. The van der Waals surface area contributed by atoms with Gasteiger partial charge in [-0.25, -0.2) is 4.98 Å². The molecule has 3 aromatic rings. The highest BCUT2D eigenvalue weighted by atomic mass is 35.5. The Morgan fingerprint density at radius 3 is 2.82 bits per heavy atom. The molecule has 5 nitrogen and oxygen atoms in total. The third-order valence-corrected chi connectivity index (χ3v) is 5.30. The molecule has 0 amide bonds. The van der Waals surface area contributed by atoms with Gasteiger partial charge in [0.05, 0.1) is 11.4 Å². The van der Waals surface area contributed by atoms with E-state index in [1.54, 1.807) is 0 Å². The zero-order valence-corrected chi connectivity index (χ0v) is 16.7. The Morgan fingerprint density at radius 1 is 1.11 bits per heavy atom. The van der Waals surface area contributed by atoms with Crippen molar-refractivity contribution in [3.05, 3.63) is 64.2 Å². The molecule has 0 unspecified atom stereocenters. The summed E-state index contributed by atoms with van der Waals surface area (Å²) >= 11 is 6.05. The standard InChI is InChI=1S/C22H22ClN5/c1-13-4-3-5-18(14(13)2)20-12-21(28-22(24)27-20)25-9-8-17-10-15-6-7-16(23)11-19(15)26-17/h3-7,11-12H,8-10H2,1-2H3,(H3,24,25,27,28). The Morgan fingerprint density at radius 2 is 1.96 bits per heavy atom. The molecule has 0 spiro atoms. The molecule has 6 heteroatoms. The minimum atomic E-state index is 0.265. The van der Waals surface area contributed by atoms with Gasteiger partial charge in [0.25, 0.3) is 0 Å². The number of nitrogens with one attached hydrogen (secondary N) is 1. The first-order valence-electron chi connectivity index (χ1n) is 9.29. The molecule has 1 aromatic heterocycles. The number of fused-ring (bicyclic) bond motifs is 1. The number of rotatable bonds is 5. The number of aliphatic imine (C=N–C) groups is 1. The molecule has 142 valence electrons. The van der Waals surface area contributed by atoms with E-state index in [4.69, 9.17) is 17.3 Å². The summed E-state index contributed by atoms with van der Waals surface area (Å²) in [5.41, 5.74) is 13.6. The van der Waals surface area contributed by atoms with Crippen LogP contribution in [0.15, 0.2) is 47.5 Å². The third-order valence-electron chi connectivity index (χ3n) is 5.06. The number of halogens is 1. The molecular formula is C22H22ClN5. The second-order valence-corrected chi connectivity index (χ2v) is 7.49. The Hall–Kier alpha value is -2.92. The predicted molar refractivity (Wildman–Crippen MR) is 117 cm³/mol. The quantitative estimate of drug-likeness (QED) is 0.632. The number of aryl methyl sites for hydroxylation is 1. The van der Waals surface area contributed by atoms with Crippen LogP contribution in [-0.4, -0.2) is 22.2 Å². The van der Waals surface area contributed by atoms with Gasteiger partial charge in [0.2, 0.25) is 5.95 Å². The van der Waals surface area contributed by atoms with Gasteiger partial charge in [-0.1, -0.05) is 35.9 Å². The van der Waals surface area contributed by atoms with E-state index in [0.29, 0.717) is 0 Å². The van der Waals surface area contributed by atoms with Gasteiger partial charge in [0.1, 0.15) is 5.82 Å². The van der Waals surface area contributed by atoms with E-state index >= 15 is 0 Å². The summed E-state index contributed by atoms with van der Waals surface area (Å²) in [5.74, 6) is 0.990. The minimum Gasteiger partial charge on any atom is -0.370 e. The zero-order chi connectivity index (χ0) is 19.7. The van der Waals surface area contributed by atoms with Crippen LogP contribution in [0.2, 0.25) is 5.02 Å². The molecule has 0 aliphatic carbocycles. The number of nitrogen functional groups attached to an aromatic ring is 1. The lowest BCUT2D eigenvalue weighted by molar-refractivity contribution is 1.06. The molecule has 3 N–H and O–H groups in total. The third kappa shape index (κ3) is 3.85. The molecule has 0 fully saturated rings. The molecule has 0 atom stereocenters. The zero-order valence-electron chi connectivity index (χ0n) is 16.0. The molecule has 0 saturated heterocycles. The molecule has 2 heterocycles. The number of benzene rings is 2. The van der Waals surface area contributed by atoms with Crippen LogP contribution in [-0.2, 0) is 6.42 Å². The van der Waals surface area contributed by atoms with Gasteiger partial charge in [-0.15, -0.1) is 0 Å². The molecule has 4 rings (SSSR count). The summed E-state index contributed by atoms with van der Waals surface area (Å²) < 4.78 is 0. The molecule has 1 aliphatic rings. The van der Waals surface area contributed by atoms with Gasteiger partial charge in [-0.3, -0.25) is 4.99 Å².